The molecule has 0 saturated carbocycles. The minimum Gasteiger partial charge on any atom is -0.496 e. The van der Waals surface area contributed by atoms with Crippen LogP contribution in [0.5, 0.6) is 5.75 Å². The monoisotopic (exact) mass is 192 g/mol. The molecule has 0 bridgehead atoms. The number of carbonyl (C=O) groups excluding carboxylic acids is 1. The molecule has 0 aliphatic rings. The molecule has 1 aromatic carbocycles. The van der Waals surface area contributed by atoms with Crippen LogP contribution in [0.3, 0.4) is 0 Å². The van der Waals surface area contributed by atoms with Gasteiger partial charge in [0.25, 0.3) is 0 Å². The normalized spacial score (nSPS) is 9.93. The molecule has 0 radical (unpaired) electrons. The molecule has 0 aliphatic carbocycles. The van der Waals surface area contributed by atoms with Crippen molar-refractivity contribution in [3.05, 3.63) is 28.8 Å². The fourth-order valence-corrected chi connectivity index (χ4v) is 1.45. The molecule has 1 aromatic rings. The molecular formula is C12H16O2. The molecule has 1 rings (SSSR count). The van der Waals surface area contributed by atoms with Crippen molar-refractivity contribution in [1.29, 1.82) is 0 Å². The molecule has 0 unspecified atom stereocenters. The Morgan fingerprint density at radius 2 is 1.93 bits per heavy atom. The lowest BCUT2D eigenvalue weighted by Gasteiger charge is -2.10. The number of methoxy groups -OCH3 is 1. The van der Waals surface area contributed by atoms with Crippen molar-refractivity contribution in [2.24, 2.45) is 0 Å². The molecule has 0 saturated heterocycles. The zero-order valence-corrected chi connectivity index (χ0v) is 8.96. The van der Waals surface area contributed by atoms with Gasteiger partial charge in [-0.05, 0) is 43.0 Å². The van der Waals surface area contributed by atoms with Crippen molar-refractivity contribution >= 4 is 6.29 Å². The summed E-state index contributed by atoms with van der Waals surface area (Å²) < 4.78 is 5.26. The van der Waals surface area contributed by atoms with Crippen molar-refractivity contribution in [1.82, 2.24) is 0 Å². The van der Waals surface area contributed by atoms with Gasteiger partial charge in [0.05, 0.1) is 7.11 Å². The first-order chi connectivity index (χ1) is 6.69. The lowest BCUT2D eigenvalue weighted by Crippen LogP contribution is -1.95. The van der Waals surface area contributed by atoms with Gasteiger partial charge in [0.1, 0.15) is 12.0 Å². The van der Waals surface area contributed by atoms with Gasteiger partial charge in [-0.3, -0.25) is 0 Å². The van der Waals surface area contributed by atoms with Gasteiger partial charge < -0.3 is 9.53 Å². The molecule has 0 aromatic heterocycles. The van der Waals surface area contributed by atoms with Gasteiger partial charge in [0.15, 0.2) is 0 Å². The lowest BCUT2D eigenvalue weighted by atomic mass is 10.0. The van der Waals surface area contributed by atoms with Gasteiger partial charge in [0, 0.05) is 6.42 Å². The summed E-state index contributed by atoms with van der Waals surface area (Å²) in [5.74, 6) is 0.884. The molecule has 0 aliphatic heterocycles. The van der Waals surface area contributed by atoms with Crippen molar-refractivity contribution < 1.29 is 9.53 Å². The summed E-state index contributed by atoms with van der Waals surface area (Å²) in [4.78, 5) is 10.3. The smallest absolute Gasteiger partial charge is 0.122 e. The van der Waals surface area contributed by atoms with Gasteiger partial charge in [0.2, 0.25) is 0 Å². The van der Waals surface area contributed by atoms with Crippen LogP contribution in [0.25, 0.3) is 0 Å². The van der Waals surface area contributed by atoms with Crippen LogP contribution in [-0.4, -0.2) is 13.4 Å². The first-order valence-corrected chi connectivity index (χ1v) is 4.76. The Kier molecular flexibility index (Phi) is 3.69. The van der Waals surface area contributed by atoms with E-state index in [0.29, 0.717) is 6.42 Å². The zero-order chi connectivity index (χ0) is 10.6. The molecule has 0 heterocycles. The second-order valence-electron chi connectivity index (χ2n) is 3.45. The Labute approximate surface area is 84.9 Å². The number of rotatable bonds is 4. The number of carbonyl (C=O) groups is 1. The maximum atomic E-state index is 10.3. The number of hydrogen-bond donors (Lipinski definition) is 0. The van der Waals surface area contributed by atoms with Gasteiger partial charge >= 0.3 is 0 Å². The molecule has 0 spiro atoms. The largest absolute Gasteiger partial charge is 0.496 e. The molecule has 14 heavy (non-hydrogen) atoms. The van der Waals surface area contributed by atoms with E-state index < -0.39 is 0 Å². The highest BCUT2D eigenvalue weighted by Crippen LogP contribution is 2.23. The van der Waals surface area contributed by atoms with E-state index in [2.05, 4.69) is 19.9 Å². The average Bonchev–Trinajstić information content (AvgIpc) is 2.19. The molecule has 0 atom stereocenters. The first-order valence-electron chi connectivity index (χ1n) is 4.76. The number of ether oxygens (including phenoxy) is 1. The van der Waals surface area contributed by atoms with Crippen LogP contribution >= 0.6 is 0 Å². The molecule has 76 valence electrons. The SMILES string of the molecule is COc1cc(C)c(C)cc1CCC=O. The van der Waals surface area contributed by atoms with Crippen LogP contribution in [-0.2, 0) is 11.2 Å². The molecule has 2 heteroatoms. The van der Waals surface area contributed by atoms with Crippen LogP contribution in [0, 0.1) is 13.8 Å². The van der Waals surface area contributed by atoms with Crippen molar-refractivity contribution in [2.75, 3.05) is 7.11 Å². The zero-order valence-electron chi connectivity index (χ0n) is 8.96. The predicted molar refractivity (Wildman–Crippen MR) is 56.9 cm³/mol. The number of aryl methyl sites for hydroxylation is 3. The number of aldehydes is 1. The van der Waals surface area contributed by atoms with Gasteiger partial charge in [-0.15, -0.1) is 0 Å². The Hall–Kier alpha value is -1.31. The summed E-state index contributed by atoms with van der Waals surface area (Å²) in [6.07, 6.45) is 2.25. The van der Waals surface area contributed by atoms with Crippen LogP contribution in [0.2, 0.25) is 0 Å². The fraction of sp³-hybridized carbons (Fsp3) is 0.417. The van der Waals surface area contributed by atoms with Gasteiger partial charge in [-0.1, -0.05) is 6.07 Å². The molecule has 2 nitrogen and oxygen atoms in total. The summed E-state index contributed by atoms with van der Waals surface area (Å²) in [5.41, 5.74) is 3.58. The first kappa shape index (κ1) is 10.8. The summed E-state index contributed by atoms with van der Waals surface area (Å²) in [7, 11) is 1.66. The lowest BCUT2D eigenvalue weighted by molar-refractivity contribution is -0.107. The quantitative estimate of drug-likeness (QED) is 0.685. The van der Waals surface area contributed by atoms with E-state index in [9.17, 15) is 4.79 Å². The second-order valence-corrected chi connectivity index (χ2v) is 3.45. The third kappa shape index (κ3) is 2.34. The summed E-state index contributed by atoms with van der Waals surface area (Å²) in [6, 6.07) is 4.12. The highest BCUT2D eigenvalue weighted by Gasteiger charge is 2.04. The van der Waals surface area contributed by atoms with Crippen LogP contribution in [0.15, 0.2) is 12.1 Å². The topological polar surface area (TPSA) is 26.3 Å². The minimum absolute atomic E-state index is 0.554. The van der Waals surface area contributed by atoms with Gasteiger partial charge in [-0.25, -0.2) is 0 Å². The summed E-state index contributed by atoms with van der Waals surface area (Å²) >= 11 is 0. The molecule has 0 amide bonds. The molecule has 0 fully saturated rings. The third-order valence-electron chi connectivity index (χ3n) is 2.43. The third-order valence-corrected chi connectivity index (χ3v) is 2.43. The average molecular weight is 192 g/mol. The van der Waals surface area contributed by atoms with E-state index in [-0.39, 0.29) is 0 Å². The Balaban J connectivity index is 3.00. The molecule has 0 N–H and O–H groups in total. The Morgan fingerprint density at radius 1 is 1.29 bits per heavy atom. The Bertz CT molecular complexity index is 329. The Morgan fingerprint density at radius 3 is 2.50 bits per heavy atom. The van der Waals surface area contributed by atoms with Crippen molar-refractivity contribution in [3.8, 4) is 5.75 Å². The van der Waals surface area contributed by atoms with E-state index >= 15 is 0 Å². The van der Waals surface area contributed by atoms with Gasteiger partial charge in [-0.2, -0.15) is 0 Å². The van der Waals surface area contributed by atoms with Crippen molar-refractivity contribution in [2.45, 2.75) is 26.7 Å². The van der Waals surface area contributed by atoms with Crippen molar-refractivity contribution in [3.63, 3.8) is 0 Å². The maximum absolute atomic E-state index is 10.3. The van der Waals surface area contributed by atoms with Crippen LogP contribution in [0.1, 0.15) is 23.1 Å². The number of benzene rings is 1. The highest BCUT2D eigenvalue weighted by molar-refractivity contribution is 5.51. The van der Waals surface area contributed by atoms with E-state index in [1.54, 1.807) is 7.11 Å². The highest BCUT2D eigenvalue weighted by atomic mass is 16.5. The van der Waals surface area contributed by atoms with Crippen LogP contribution < -0.4 is 4.74 Å². The number of hydrogen-bond acceptors (Lipinski definition) is 2. The fourth-order valence-electron chi connectivity index (χ4n) is 1.45. The predicted octanol–water partition coefficient (Wildman–Crippen LogP) is 2.44. The second kappa shape index (κ2) is 4.80. The van der Waals surface area contributed by atoms with E-state index in [1.807, 2.05) is 6.07 Å². The van der Waals surface area contributed by atoms with E-state index in [1.165, 1.54) is 11.1 Å². The maximum Gasteiger partial charge on any atom is 0.122 e. The standard InChI is InChI=1S/C12H16O2/c1-9-7-11(5-4-6-13)12(14-3)8-10(9)2/h6-8H,4-5H2,1-3H3. The minimum atomic E-state index is 0.554. The van der Waals surface area contributed by atoms with E-state index in [4.69, 9.17) is 4.74 Å². The van der Waals surface area contributed by atoms with Crippen LogP contribution in [0.4, 0.5) is 0 Å². The molecular weight excluding hydrogens is 176 g/mol. The summed E-state index contributed by atoms with van der Waals surface area (Å²) in [6.45, 7) is 4.13. The summed E-state index contributed by atoms with van der Waals surface area (Å²) in [5, 5.41) is 0. The van der Waals surface area contributed by atoms with E-state index in [0.717, 1.165) is 24.0 Å².